The molecule has 2 heterocycles. The van der Waals surface area contributed by atoms with E-state index in [2.05, 4.69) is 170 Å². The third kappa shape index (κ3) is 5.17. The minimum absolute atomic E-state index is 0.181. The topological polar surface area (TPSA) is 3.88 Å². The molecule has 0 aliphatic carbocycles. The molecule has 0 bridgehead atoms. The summed E-state index contributed by atoms with van der Waals surface area (Å²) in [4.78, 5) is 0. The highest BCUT2D eigenvalue weighted by Gasteiger charge is 2.40. The monoisotopic (exact) mass is 608 g/mol. The average Bonchev–Trinajstić information content (AvgIpc) is 3.03. The molecule has 0 saturated heterocycles. The lowest BCUT2D eigenvalue weighted by Gasteiger charge is -2.34. The van der Waals surface area contributed by atoms with Crippen LogP contribution in [0.1, 0.15) is 44.5 Å². The molecule has 1 nitrogen and oxygen atoms in total. The standard InChI is InChI=1S/C44H44B2N/c1-27-21-30(4)34(8)37(22-27)42-25-36(33(7)26-47(42)9)35-23-31(5)44(32(6)24-35)46-40-19-12-10-17-38(40)45(39-18-11-13-20-41(39)46)43-28(2)15-14-16-29(43)3/h10-26H,1-9H3/q+1. The number of hydrogen-bond donors (Lipinski definition) is 0. The summed E-state index contributed by atoms with van der Waals surface area (Å²) in [7, 11) is 2.17. The van der Waals surface area contributed by atoms with Crippen LogP contribution < -0.4 is 37.3 Å². The van der Waals surface area contributed by atoms with Gasteiger partial charge in [-0.1, -0.05) is 146 Å². The van der Waals surface area contributed by atoms with Crippen LogP contribution in [-0.4, -0.2) is 13.4 Å². The summed E-state index contributed by atoms with van der Waals surface area (Å²) >= 11 is 0. The van der Waals surface area contributed by atoms with Gasteiger partial charge < -0.3 is 0 Å². The van der Waals surface area contributed by atoms with Gasteiger partial charge >= 0.3 is 0 Å². The first-order valence-electron chi connectivity index (χ1n) is 17.0. The Balaban J connectivity index is 1.40. The molecule has 1 aromatic heterocycles. The maximum absolute atomic E-state index is 2.44. The van der Waals surface area contributed by atoms with Crippen molar-refractivity contribution in [2.45, 2.75) is 55.4 Å². The number of pyridine rings is 1. The molecule has 3 heteroatoms. The van der Waals surface area contributed by atoms with E-state index in [0.29, 0.717) is 0 Å². The van der Waals surface area contributed by atoms with Gasteiger partial charge in [0.2, 0.25) is 19.1 Å². The first-order chi connectivity index (χ1) is 22.5. The molecule has 230 valence electrons. The zero-order valence-corrected chi connectivity index (χ0v) is 29.4. The third-order valence-electron chi connectivity index (χ3n) is 10.8. The van der Waals surface area contributed by atoms with Crippen molar-refractivity contribution in [1.82, 2.24) is 0 Å². The van der Waals surface area contributed by atoms with Gasteiger partial charge in [0.1, 0.15) is 7.05 Å². The normalized spacial score (nSPS) is 12.3. The van der Waals surface area contributed by atoms with Crippen molar-refractivity contribution in [3.63, 3.8) is 0 Å². The first-order valence-corrected chi connectivity index (χ1v) is 17.0. The summed E-state index contributed by atoms with van der Waals surface area (Å²) < 4.78 is 2.29. The van der Waals surface area contributed by atoms with Gasteiger partial charge in [-0.2, -0.15) is 0 Å². The summed E-state index contributed by atoms with van der Waals surface area (Å²) in [6.07, 6.45) is 2.29. The number of rotatable bonds is 4. The van der Waals surface area contributed by atoms with Gasteiger partial charge in [0, 0.05) is 17.2 Å². The molecule has 0 atom stereocenters. The van der Waals surface area contributed by atoms with E-state index in [-0.39, 0.29) is 13.4 Å². The Hall–Kier alpha value is -4.62. The summed E-state index contributed by atoms with van der Waals surface area (Å²) in [5.74, 6) is 0. The Morgan fingerprint density at radius 2 is 0.936 bits per heavy atom. The molecule has 0 N–H and O–H groups in total. The average molecular weight is 608 g/mol. The smallest absolute Gasteiger partial charge is 0.201 e. The van der Waals surface area contributed by atoms with Gasteiger partial charge in [-0.25, -0.2) is 4.57 Å². The fourth-order valence-electron chi connectivity index (χ4n) is 8.57. The van der Waals surface area contributed by atoms with Crippen LogP contribution in [0.2, 0.25) is 0 Å². The summed E-state index contributed by atoms with van der Waals surface area (Å²) in [5, 5.41) is 0. The molecule has 0 amide bonds. The Morgan fingerprint density at radius 1 is 0.447 bits per heavy atom. The van der Waals surface area contributed by atoms with Gasteiger partial charge in [0.15, 0.2) is 6.20 Å². The number of aryl methyl sites for hydroxylation is 8. The number of aromatic nitrogens is 1. The van der Waals surface area contributed by atoms with Crippen LogP contribution in [0.25, 0.3) is 22.4 Å². The predicted molar refractivity (Wildman–Crippen MR) is 205 cm³/mol. The van der Waals surface area contributed by atoms with Crippen molar-refractivity contribution in [2.24, 2.45) is 7.05 Å². The summed E-state index contributed by atoms with van der Waals surface area (Å²) in [6, 6.07) is 37.0. The largest absolute Gasteiger partial charge is 0.240 e. The lowest BCUT2D eigenvalue weighted by molar-refractivity contribution is -0.660. The SMILES string of the molecule is Cc1cc(C)c(C)c(-c2cc(-c3cc(C)c(B4c5ccccc5B(c5c(C)cccc5C)c5ccccc54)c(C)c3)c(C)c[n+]2C)c1. The van der Waals surface area contributed by atoms with E-state index in [1.165, 1.54) is 99.7 Å². The molecule has 5 aromatic carbocycles. The van der Waals surface area contributed by atoms with Gasteiger partial charge in [0.05, 0.1) is 0 Å². The van der Waals surface area contributed by atoms with E-state index in [1.54, 1.807) is 0 Å². The molecule has 0 saturated carbocycles. The maximum atomic E-state index is 2.44. The van der Waals surface area contributed by atoms with E-state index in [9.17, 15) is 0 Å². The minimum atomic E-state index is 0.181. The Morgan fingerprint density at radius 3 is 1.45 bits per heavy atom. The number of benzene rings is 5. The molecular weight excluding hydrogens is 564 g/mol. The molecule has 0 radical (unpaired) electrons. The molecule has 0 spiro atoms. The van der Waals surface area contributed by atoms with E-state index >= 15 is 0 Å². The van der Waals surface area contributed by atoms with Crippen LogP contribution in [0.3, 0.4) is 0 Å². The predicted octanol–water partition coefficient (Wildman–Crippen LogP) is 5.66. The highest BCUT2D eigenvalue weighted by molar-refractivity contribution is 7.11. The zero-order valence-electron chi connectivity index (χ0n) is 29.4. The van der Waals surface area contributed by atoms with Crippen molar-refractivity contribution in [1.29, 1.82) is 0 Å². The molecule has 1 aliphatic rings. The van der Waals surface area contributed by atoms with Gasteiger partial charge in [-0.15, -0.1) is 0 Å². The van der Waals surface area contributed by atoms with Crippen LogP contribution in [-0.2, 0) is 7.05 Å². The van der Waals surface area contributed by atoms with Gasteiger partial charge in [-0.3, -0.25) is 0 Å². The molecular formula is C44H44B2N+. The quantitative estimate of drug-likeness (QED) is 0.180. The van der Waals surface area contributed by atoms with E-state index in [1.807, 2.05) is 0 Å². The van der Waals surface area contributed by atoms with Crippen molar-refractivity contribution in [3.05, 3.63) is 148 Å². The van der Waals surface area contributed by atoms with E-state index < -0.39 is 0 Å². The number of hydrogen-bond acceptors (Lipinski definition) is 0. The lowest BCUT2D eigenvalue weighted by atomic mass is 9.20. The molecule has 47 heavy (non-hydrogen) atoms. The van der Waals surface area contributed by atoms with Gasteiger partial charge in [0.25, 0.3) is 0 Å². The summed E-state index contributed by atoms with van der Waals surface area (Å²) in [6.45, 7) is 18.5. The zero-order chi connectivity index (χ0) is 33.1. The second-order valence-corrected chi connectivity index (χ2v) is 14.1. The highest BCUT2D eigenvalue weighted by Crippen LogP contribution is 2.31. The number of fused-ring (bicyclic) bond motifs is 2. The Labute approximate surface area is 282 Å². The third-order valence-corrected chi connectivity index (χ3v) is 10.8. The summed E-state index contributed by atoms with van der Waals surface area (Å²) in [5.41, 5.74) is 24.4. The Kier molecular flexibility index (Phi) is 7.83. The van der Waals surface area contributed by atoms with Crippen LogP contribution in [0, 0.1) is 55.4 Å². The van der Waals surface area contributed by atoms with Crippen LogP contribution in [0.15, 0.2) is 103 Å². The van der Waals surface area contributed by atoms with E-state index in [4.69, 9.17) is 0 Å². The lowest BCUT2D eigenvalue weighted by Crippen LogP contribution is -2.75. The molecule has 7 rings (SSSR count). The first kappa shape index (κ1) is 31.0. The maximum Gasteiger partial charge on any atom is 0.240 e. The van der Waals surface area contributed by atoms with Crippen molar-refractivity contribution >= 4 is 46.2 Å². The molecule has 6 aromatic rings. The fraction of sp³-hybridized carbons (Fsp3) is 0.205. The second kappa shape index (κ2) is 11.9. The van der Waals surface area contributed by atoms with Crippen LogP contribution in [0.5, 0.6) is 0 Å². The van der Waals surface area contributed by atoms with Crippen molar-refractivity contribution in [3.8, 4) is 22.4 Å². The fourth-order valence-corrected chi connectivity index (χ4v) is 8.57. The second-order valence-electron chi connectivity index (χ2n) is 14.1. The van der Waals surface area contributed by atoms with Crippen LogP contribution >= 0.6 is 0 Å². The van der Waals surface area contributed by atoms with Crippen molar-refractivity contribution in [2.75, 3.05) is 0 Å². The van der Waals surface area contributed by atoms with E-state index in [0.717, 1.165) is 0 Å². The Bertz CT molecular complexity index is 2120. The van der Waals surface area contributed by atoms with Gasteiger partial charge in [-0.05, 0) is 83.7 Å². The molecule has 0 fully saturated rings. The highest BCUT2D eigenvalue weighted by atomic mass is 14.9. The van der Waals surface area contributed by atoms with Crippen LogP contribution in [0.4, 0.5) is 0 Å². The number of nitrogens with zero attached hydrogens (tertiary/aromatic N) is 1. The molecule has 0 unspecified atom stereocenters. The molecule has 1 aliphatic heterocycles. The van der Waals surface area contributed by atoms with Crippen molar-refractivity contribution < 1.29 is 4.57 Å². The minimum Gasteiger partial charge on any atom is -0.201 e.